The molecule has 11 atom stereocenters. The molecule has 0 amide bonds. The van der Waals surface area contributed by atoms with E-state index < -0.39 is 45.4 Å². The summed E-state index contributed by atoms with van der Waals surface area (Å²) in [6.07, 6.45) is 4.43. The zero-order valence-electron chi connectivity index (χ0n) is 24.5. The topological polar surface area (TPSA) is 86.6 Å². The van der Waals surface area contributed by atoms with Gasteiger partial charge in [-0.15, -0.1) is 0 Å². The molecule has 0 aromatic heterocycles. The van der Waals surface area contributed by atoms with E-state index in [4.69, 9.17) is 0 Å². The van der Waals surface area contributed by atoms with Crippen molar-refractivity contribution >= 4 is 10.0 Å². The first-order valence-electron chi connectivity index (χ1n) is 15.6. The molecule has 5 rings (SSSR count). The number of fused-ring (bicyclic) bond motifs is 5. The summed E-state index contributed by atoms with van der Waals surface area (Å²) in [5, 5.41) is 22.1. The summed E-state index contributed by atoms with van der Waals surface area (Å²) in [6.45, 7) is 9.01. The van der Waals surface area contributed by atoms with Crippen molar-refractivity contribution in [2.75, 3.05) is 6.54 Å². The molecule has 4 fully saturated rings. The van der Waals surface area contributed by atoms with Crippen molar-refractivity contribution in [3.8, 4) is 0 Å². The average molecular weight is 582 g/mol. The summed E-state index contributed by atoms with van der Waals surface area (Å²) in [7, 11) is -3.51. The minimum atomic E-state index is -3.51. The molecule has 4 saturated carbocycles. The van der Waals surface area contributed by atoms with E-state index in [1.807, 2.05) is 13.8 Å². The average Bonchev–Trinajstić information content (AvgIpc) is 3.28. The van der Waals surface area contributed by atoms with E-state index >= 15 is 8.78 Å². The van der Waals surface area contributed by atoms with Crippen molar-refractivity contribution in [3.05, 3.63) is 30.3 Å². The maximum absolute atomic E-state index is 15.6. The van der Waals surface area contributed by atoms with E-state index in [-0.39, 0.29) is 28.6 Å². The lowest BCUT2D eigenvalue weighted by Gasteiger charge is -2.65. The molecule has 0 unspecified atom stereocenters. The zero-order chi connectivity index (χ0) is 29.1. The number of hydrogen-bond donors (Lipinski definition) is 3. The van der Waals surface area contributed by atoms with Crippen LogP contribution in [-0.2, 0) is 10.0 Å². The third kappa shape index (κ3) is 4.77. The maximum Gasteiger partial charge on any atom is 0.277 e. The smallest absolute Gasteiger partial charge is 0.277 e. The molecule has 1 aromatic carbocycles. The molecule has 0 aliphatic heterocycles. The fraction of sp³-hybridized carbons (Fsp3) is 0.812. The van der Waals surface area contributed by atoms with Gasteiger partial charge in [0.25, 0.3) is 5.92 Å². The second-order valence-electron chi connectivity index (χ2n) is 14.1. The first kappa shape index (κ1) is 30.4. The summed E-state index contributed by atoms with van der Waals surface area (Å²) < 4.78 is 59.0. The molecule has 5 nitrogen and oxygen atoms in total. The summed E-state index contributed by atoms with van der Waals surface area (Å²) in [5.74, 6) is -3.41. The Morgan fingerprint density at radius 1 is 1.00 bits per heavy atom. The van der Waals surface area contributed by atoms with E-state index in [0.29, 0.717) is 37.1 Å². The molecule has 0 bridgehead atoms. The molecule has 0 heterocycles. The monoisotopic (exact) mass is 581 g/mol. The Hall–Kier alpha value is -1.09. The van der Waals surface area contributed by atoms with E-state index in [0.717, 1.165) is 38.5 Å². The molecule has 3 N–H and O–H groups in total. The van der Waals surface area contributed by atoms with Crippen LogP contribution in [0.5, 0.6) is 0 Å². The van der Waals surface area contributed by atoms with E-state index in [1.165, 1.54) is 0 Å². The molecule has 0 saturated heterocycles. The second-order valence-corrected chi connectivity index (χ2v) is 15.9. The van der Waals surface area contributed by atoms with Crippen molar-refractivity contribution in [1.29, 1.82) is 0 Å². The van der Waals surface area contributed by atoms with Gasteiger partial charge in [-0.1, -0.05) is 52.3 Å². The van der Waals surface area contributed by atoms with Crippen LogP contribution in [0.25, 0.3) is 0 Å². The summed E-state index contributed by atoms with van der Waals surface area (Å²) in [4.78, 5) is 0.281. The van der Waals surface area contributed by atoms with Gasteiger partial charge in [-0.25, -0.2) is 21.9 Å². The quantitative estimate of drug-likeness (QED) is 0.317. The molecule has 8 heteroatoms. The number of alkyl halides is 2. The Kier molecular flexibility index (Phi) is 8.26. The van der Waals surface area contributed by atoms with E-state index in [1.54, 1.807) is 30.3 Å². The molecule has 40 heavy (non-hydrogen) atoms. The van der Waals surface area contributed by atoms with Gasteiger partial charge in [0.05, 0.1) is 11.0 Å². The lowest BCUT2D eigenvalue weighted by molar-refractivity contribution is -0.286. The number of nitrogens with one attached hydrogen (secondary N) is 1. The van der Waals surface area contributed by atoms with Gasteiger partial charge in [0.1, 0.15) is 6.10 Å². The highest BCUT2D eigenvalue weighted by molar-refractivity contribution is 7.89. The fourth-order valence-electron chi connectivity index (χ4n) is 10.5. The predicted molar refractivity (Wildman–Crippen MR) is 152 cm³/mol. The van der Waals surface area contributed by atoms with Crippen LogP contribution in [0.2, 0.25) is 0 Å². The Morgan fingerprint density at radius 2 is 1.65 bits per heavy atom. The van der Waals surface area contributed by atoms with Crippen molar-refractivity contribution in [2.45, 2.75) is 109 Å². The summed E-state index contributed by atoms with van der Waals surface area (Å²) in [6, 6.07) is 8.44. The van der Waals surface area contributed by atoms with Crippen LogP contribution < -0.4 is 4.72 Å². The molecular formula is C32H49F2NO4S. The van der Waals surface area contributed by atoms with Gasteiger partial charge in [-0.3, -0.25) is 0 Å². The molecule has 226 valence electrons. The largest absolute Gasteiger partial charge is 0.393 e. The van der Waals surface area contributed by atoms with Gasteiger partial charge >= 0.3 is 0 Å². The lowest BCUT2D eigenvalue weighted by atomic mass is 9.40. The van der Waals surface area contributed by atoms with Crippen molar-refractivity contribution < 1.29 is 27.4 Å². The maximum atomic E-state index is 15.6. The number of aliphatic hydroxyl groups is 2. The van der Waals surface area contributed by atoms with Gasteiger partial charge in [-0.05, 0) is 110 Å². The number of benzene rings is 1. The fourth-order valence-corrected chi connectivity index (χ4v) is 11.6. The van der Waals surface area contributed by atoms with Crippen molar-refractivity contribution in [3.63, 3.8) is 0 Å². The predicted octanol–water partition coefficient (Wildman–Crippen LogP) is 6.25. The summed E-state index contributed by atoms with van der Waals surface area (Å²) in [5.41, 5.74) is -0.530. The van der Waals surface area contributed by atoms with Crippen LogP contribution in [0, 0.1) is 52.3 Å². The van der Waals surface area contributed by atoms with Crippen LogP contribution in [0.3, 0.4) is 0 Å². The zero-order valence-corrected chi connectivity index (χ0v) is 25.3. The van der Waals surface area contributed by atoms with E-state index in [9.17, 15) is 18.6 Å². The third-order valence-electron chi connectivity index (χ3n) is 12.4. The number of rotatable bonds is 8. The van der Waals surface area contributed by atoms with Crippen LogP contribution in [0.4, 0.5) is 8.78 Å². The molecule has 4 aliphatic rings. The second kappa shape index (κ2) is 10.9. The molecule has 1 aromatic rings. The van der Waals surface area contributed by atoms with Gasteiger partial charge in [0.15, 0.2) is 0 Å². The number of sulfonamides is 1. The van der Waals surface area contributed by atoms with Crippen molar-refractivity contribution in [2.24, 2.45) is 52.3 Å². The molecule has 0 spiro atoms. The Morgan fingerprint density at radius 3 is 2.33 bits per heavy atom. The Balaban J connectivity index is 1.28. The lowest BCUT2D eigenvalue weighted by Crippen LogP contribution is -2.67. The number of halogens is 2. The Bertz CT molecular complexity index is 1150. The van der Waals surface area contributed by atoms with Gasteiger partial charge in [0, 0.05) is 12.5 Å². The molecular weight excluding hydrogens is 532 g/mol. The highest BCUT2D eigenvalue weighted by atomic mass is 32.2. The van der Waals surface area contributed by atoms with Crippen molar-refractivity contribution in [1.82, 2.24) is 4.72 Å². The highest BCUT2D eigenvalue weighted by Crippen LogP contribution is 2.71. The highest BCUT2D eigenvalue weighted by Gasteiger charge is 2.70. The summed E-state index contributed by atoms with van der Waals surface area (Å²) >= 11 is 0. The standard InChI is InChI=1S/C32H49F2NO4S/c1-5-22-28(37)27-24-14-13-23(20(2)10-9-19-35-40(38,39)21-11-7-6-8-12-21)30(24,3)17-15-25(27)31(4)18-16-26(36)32(33,34)29(22)31/h6-8,11-12,20,22-29,35-37H,5,9-10,13-19H2,1-4H3/t20-,22+,23-,24+,25+,26-,27+,28-,29+,30-,31-/m1/s1. The normalized spacial score (nSPS) is 43.4. The third-order valence-corrected chi connectivity index (χ3v) is 13.9. The minimum absolute atomic E-state index is 0.0193. The van der Waals surface area contributed by atoms with Gasteiger partial charge < -0.3 is 10.2 Å². The number of hydrogen-bond acceptors (Lipinski definition) is 4. The van der Waals surface area contributed by atoms with Gasteiger partial charge in [-0.2, -0.15) is 0 Å². The van der Waals surface area contributed by atoms with Crippen LogP contribution in [0.15, 0.2) is 35.2 Å². The van der Waals surface area contributed by atoms with E-state index in [2.05, 4.69) is 18.6 Å². The minimum Gasteiger partial charge on any atom is -0.393 e. The number of aliphatic hydroxyl groups excluding tert-OH is 2. The molecule has 4 aliphatic carbocycles. The van der Waals surface area contributed by atoms with Crippen LogP contribution in [0.1, 0.15) is 85.5 Å². The Labute approximate surface area is 239 Å². The first-order valence-corrected chi connectivity index (χ1v) is 17.1. The molecule has 0 radical (unpaired) electrons. The van der Waals surface area contributed by atoms with Crippen LogP contribution in [-0.4, -0.2) is 43.3 Å². The first-order chi connectivity index (χ1) is 18.8. The van der Waals surface area contributed by atoms with Gasteiger partial charge in [0.2, 0.25) is 10.0 Å². The van der Waals surface area contributed by atoms with Crippen LogP contribution >= 0.6 is 0 Å². The SMILES string of the molecule is CC[C@H]1[C@@H](O)[C@@H]2[C@H](CC[C@]3(C)[C@@H]([C@H](C)CCCNS(=O)(=O)c4ccccc4)CC[C@@H]23)[C@@]2(C)CC[C@@H](O)C(F)(F)[C@@H]12.